The molecule has 0 spiro atoms. The quantitative estimate of drug-likeness (QED) is 0.456. The second-order valence-electron chi connectivity index (χ2n) is 7.02. The average Bonchev–Trinajstić information content (AvgIpc) is 3.13. The molecule has 0 bridgehead atoms. The van der Waals surface area contributed by atoms with E-state index in [4.69, 9.17) is 9.47 Å². The van der Waals surface area contributed by atoms with Gasteiger partial charge in [-0.1, -0.05) is 12.8 Å². The second-order valence-corrected chi connectivity index (χ2v) is 7.02. The Kier molecular flexibility index (Phi) is 5.62. The van der Waals surface area contributed by atoms with Gasteiger partial charge in [-0.15, -0.1) is 0 Å². The van der Waals surface area contributed by atoms with Crippen LogP contribution in [0.25, 0.3) is 17.1 Å². The highest BCUT2D eigenvalue weighted by Crippen LogP contribution is 2.28. The lowest BCUT2D eigenvalue weighted by molar-refractivity contribution is -0.139. The third-order valence-electron chi connectivity index (χ3n) is 5.00. The first-order valence-corrected chi connectivity index (χ1v) is 9.96. The van der Waals surface area contributed by atoms with Crippen molar-refractivity contribution in [3.63, 3.8) is 0 Å². The summed E-state index contributed by atoms with van der Waals surface area (Å²) in [6.45, 7) is 3.53. The summed E-state index contributed by atoms with van der Waals surface area (Å²) in [7, 11) is 0. The van der Waals surface area contributed by atoms with Crippen molar-refractivity contribution < 1.29 is 19.1 Å². The smallest absolute Gasteiger partial charge is 0.347 e. The molecule has 29 heavy (non-hydrogen) atoms. The molecule has 4 rings (SSSR count). The first-order valence-electron chi connectivity index (χ1n) is 9.96. The molecule has 0 radical (unpaired) electrons. The van der Waals surface area contributed by atoms with Gasteiger partial charge in [0.2, 0.25) is 11.7 Å². The highest BCUT2D eigenvalue weighted by Gasteiger charge is 2.37. The number of esters is 1. The summed E-state index contributed by atoms with van der Waals surface area (Å²) in [5.74, 6) is -0.951. The number of rotatable bonds is 5. The Morgan fingerprint density at radius 3 is 2.90 bits per heavy atom. The maximum Gasteiger partial charge on any atom is 0.347 e. The minimum absolute atomic E-state index is 0.0788. The van der Waals surface area contributed by atoms with E-state index in [1.54, 1.807) is 25.4 Å². The van der Waals surface area contributed by atoms with E-state index in [2.05, 4.69) is 15.4 Å². The van der Waals surface area contributed by atoms with E-state index >= 15 is 0 Å². The molecule has 0 saturated carbocycles. The van der Waals surface area contributed by atoms with Crippen LogP contribution in [0.2, 0.25) is 0 Å². The van der Waals surface area contributed by atoms with Gasteiger partial charge < -0.3 is 14.5 Å². The summed E-state index contributed by atoms with van der Waals surface area (Å²) >= 11 is 0. The normalized spacial score (nSPS) is 19.5. The number of pyridine rings is 1. The summed E-state index contributed by atoms with van der Waals surface area (Å²) in [5, 5.41) is 2.86. The van der Waals surface area contributed by atoms with Gasteiger partial charge in [-0.3, -0.25) is 10.2 Å². The Morgan fingerprint density at radius 1 is 1.34 bits per heavy atom. The molecule has 8 nitrogen and oxygen atoms in total. The standard InChI is InChI=1S/C21H24N4O4/c1-2-28-21(27)17-18(26)16(12-14-13-23-19-15(14)8-7-9-22-19)29-20(17)24-25-10-5-3-4-6-11-25/h7-9,12-13,24H,2-6,10-11H2,1H3,(H,22,23)/b16-12-. The Morgan fingerprint density at radius 2 is 2.14 bits per heavy atom. The number of allylic oxidation sites excluding steroid dienone is 1. The van der Waals surface area contributed by atoms with E-state index in [1.165, 1.54) is 12.8 Å². The second kappa shape index (κ2) is 8.48. The maximum absolute atomic E-state index is 13.0. The third kappa shape index (κ3) is 4.02. The van der Waals surface area contributed by atoms with Crippen LogP contribution in [-0.4, -0.2) is 46.4 Å². The van der Waals surface area contributed by atoms with Crippen LogP contribution >= 0.6 is 0 Å². The fraction of sp³-hybridized carbons (Fsp3) is 0.381. The number of carbonyl (C=O) groups is 2. The number of ether oxygens (including phenoxy) is 2. The van der Waals surface area contributed by atoms with Gasteiger partial charge in [0, 0.05) is 36.4 Å². The summed E-state index contributed by atoms with van der Waals surface area (Å²) in [4.78, 5) is 32.7. The van der Waals surface area contributed by atoms with Crippen LogP contribution in [0.5, 0.6) is 0 Å². The summed E-state index contributed by atoms with van der Waals surface area (Å²) in [6, 6.07) is 3.73. The molecule has 0 aliphatic carbocycles. The summed E-state index contributed by atoms with van der Waals surface area (Å²) in [5.41, 5.74) is 4.51. The van der Waals surface area contributed by atoms with Gasteiger partial charge in [-0.05, 0) is 38.0 Å². The van der Waals surface area contributed by atoms with Gasteiger partial charge >= 0.3 is 5.97 Å². The van der Waals surface area contributed by atoms with Crippen LogP contribution in [0, 0.1) is 0 Å². The molecule has 0 aromatic carbocycles. The SMILES string of the molecule is CCOC(=O)C1=C(NN2CCCCCC2)O/C(=C\c2c[nH]c3ncccc23)C1=O. The Balaban J connectivity index is 1.63. The minimum atomic E-state index is -0.682. The Hall–Kier alpha value is -3.13. The molecule has 8 heteroatoms. The van der Waals surface area contributed by atoms with E-state index in [-0.39, 0.29) is 23.8 Å². The number of hydrogen-bond donors (Lipinski definition) is 2. The lowest BCUT2D eigenvalue weighted by atomic mass is 10.1. The van der Waals surface area contributed by atoms with Crippen molar-refractivity contribution in [1.82, 2.24) is 20.4 Å². The van der Waals surface area contributed by atoms with Crippen molar-refractivity contribution in [2.24, 2.45) is 0 Å². The predicted molar refractivity (Wildman–Crippen MR) is 107 cm³/mol. The van der Waals surface area contributed by atoms with Crippen molar-refractivity contribution in [3.05, 3.63) is 47.3 Å². The lowest BCUT2D eigenvalue weighted by Gasteiger charge is -2.22. The van der Waals surface area contributed by atoms with Crippen LogP contribution in [0.4, 0.5) is 0 Å². The van der Waals surface area contributed by atoms with E-state index in [9.17, 15) is 9.59 Å². The zero-order valence-corrected chi connectivity index (χ0v) is 16.4. The number of hydrazine groups is 1. The maximum atomic E-state index is 13.0. The third-order valence-corrected chi connectivity index (χ3v) is 5.00. The van der Waals surface area contributed by atoms with Gasteiger partial charge in [-0.2, -0.15) is 0 Å². The van der Waals surface area contributed by atoms with Gasteiger partial charge in [0.25, 0.3) is 0 Å². The zero-order valence-electron chi connectivity index (χ0n) is 16.4. The fourth-order valence-corrected chi connectivity index (χ4v) is 3.56. The molecule has 2 N–H and O–H groups in total. The van der Waals surface area contributed by atoms with Gasteiger partial charge in [0.05, 0.1) is 6.61 Å². The first kappa shape index (κ1) is 19.2. The predicted octanol–water partition coefficient (Wildman–Crippen LogP) is 2.66. The van der Waals surface area contributed by atoms with Crippen molar-refractivity contribution in [3.8, 4) is 0 Å². The number of hydrogen-bond acceptors (Lipinski definition) is 7. The monoisotopic (exact) mass is 396 g/mol. The number of H-pyrrole nitrogens is 1. The largest absolute Gasteiger partial charge is 0.462 e. The number of nitrogens with one attached hydrogen (secondary N) is 2. The average molecular weight is 396 g/mol. The molecule has 152 valence electrons. The molecular weight excluding hydrogens is 372 g/mol. The van der Waals surface area contributed by atoms with E-state index in [0.717, 1.165) is 36.9 Å². The van der Waals surface area contributed by atoms with Crippen LogP contribution < -0.4 is 5.43 Å². The summed E-state index contributed by atoms with van der Waals surface area (Å²) < 4.78 is 10.9. The van der Waals surface area contributed by atoms with Crippen LogP contribution in [0.1, 0.15) is 38.2 Å². The summed E-state index contributed by atoms with van der Waals surface area (Å²) in [6.07, 6.45) is 9.51. The van der Waals surface area contributed by atoms with E-state index in [0.29, 0.717) is 5.65 Å². The van der Waals surface area contributed by atoms with Crippen LogP contribution in [0.3, 0.4) is 0 Å². The van der Waals surface area contributed by atoms with E-state index in [1.807, 2.05) is 17.1 Å². The number of carbonyl (C=O) groups excluding carboxylic acids is 2. The van der Waals surface area contributed by atoms with Gasteiger partial charge in [-0.25, -0.2) is 14.8 Å². The molecule has 4 heterocycles. The molecule has 0 unspecified atom stereocenters. The molecule has 2 aliphatic heterocycles. The topological polar surface area (TPSA) is 96.6 Å². The lowest BCUT2D eigenvalue weighted by Crippen LogP contribution is -2.39. The van der Waals surface area contributed by atoms with Gasteiger partial charge in [0.15, 0.2) is 11.3 Å². The van der Waals surface area contributed by atoms with Gasteiger partial charge in [0.1, 0.15) is 5.65 Å². The number of Topliss-reactive ketones (excluding diaryl/α,β-unsaturated/α-hetero) is 1. The Bertz CT molecular complexity index is 983. The van der Waals surface area contributed by atoms with E-state index < -0.39 is 11.8 Å². The van der Waals surface area contributed by atoms with Crippen molar-refractivity contribution >= 4 is 28.9 Å². The molecule has 0 atom stereocenters. The van der Waals surface area contributed by atoms with Crippen molar-refractivity contribution in [1.29, 1.82) is 0 Å². The molecular formula is C21H24N4O4. The fourth-order valence-electron chi connectivity index (χ4n) is 3.56. The van der Waals surface area contributed by atoms with Crippen molar-refractivity contribution in [2.75, 3.05) is 19.7 Å². The van der Waals surface area contributed by atoms with Crippen LogP contribution in [-0.2, 0) is 19.1 Å². The molecule has 2 aromatic rings. The van der Waals surface area contributed by atoms with Crippen molar-refractivity contribution in [2.45, 2.75) is 32.6 Å². The molecule has 0 amide bonds. The Labute approximate surface area is 168 Å². The molecule has 2 aromatic heterocycles. The minimum Gasteiger partial charge on any atom is -0.462 e. The number of aromatic amines is 1. The molecule has 2 aliphatic rings. The molecule has 1 fully saturated rings. The first-order chi connectivity index (χ1) is 14.2. The zero-order chi connectivity index (χ0) is 20.2. The number of fused-ring (bicyclic) bond motifs is 1. The number of aromatic nitrogens is 2. The highest BCUT2D eigenvalue weighted by molar-refractivity contribution is 6.26. The van der Waals surface area contributed by atoms with Crippen LogP contribution in [0.15, 0.2) is 41.7 Å². The number of nitrogens with zero attached hydrogens (tertiary/aromatic N) is 2. The highest BCUT2D eigenvalue weighted by atomic mass is 16.5. The number of ketones is 1. The molecule has 1 saturated heterocycles.